The van der Waals surface area contributed by atoms with Crippen LogP contribution in [0.15, 0.2) is 42.5 Å². The maximum absolute atomic E-state index is 13.6. The number of hydrogen-bond acceptors (Lipinski definition) is 1. The summed E-state index contributed by atoms with van der Waals surface area (Å²) in [5.41, 5.74) is 2.52. The molecule has 5 heteroatoms. The first-order chi connectivity index (χ1) is 10.4. The van der Waals surface area contributed by atoms with Gasteiger partial charge in [-0.3, -0.25) is 4.79 Å². The Morgan fingerprint density at radius 3 is 2.55 bits per heavy atom. The number of carbonyl (C=O) groups excluding carboxylic acids is 1. The van der Waals surface area contributed by atoms with Gasteiger partial charge in [-0.25, -0.2) is 4.39 Å². The second-order valence-corrected chi connectivity index (χ2v) is 5.91. The van der Waals surface area contributed by atoms with Gasteiger partial charge in [0.2, 0.25) is 0 Å². The van der Waals surface area contributed by atoms with Crippen LogP contribution in [0.4, 0.5) is 10.1 Å². The average Bonchev–Trinajstić information content (AvgIpc) is 2.44. The van der Waals surface area contributed by atoms with E-state index in [-0.39, 0.29) is 18.1 Å². The molecule has 3 nitrogen and oxygen atoms in total. The standard InChI is InChI=1S/C17H18ClFN2O/c1-12-3-5-13(6-4-12)10-21(2)11-17(22)20-16-8-7-14(18)9-15(16)19/h3-9H,10-11H2,1-2H3,(H,20,22)/p+1. The summed E-state index contributed by atoms with van der Waals surface area (Å²) in [6.07, 6.45) is 0. The molecule has 0 aliphatic heterocycles. The molecule has 2 N–H and O–H groups in total. The van der Waals surface area contributed by atoms with E-state index in [1.807, 2.05) is 26.1 Å². The minimum absolute atomic E-state index is 0.150. The van der Waals surface area contributed by atoms with Crippen molar-refractivity contribution in [3.8, 4) is 0 Å². The van der Waals surface area contributed by atoms with Gasteiger partial charge in [0.05, 0.1) is 12.7 Å². The van der Waals surface area contributed by atoms with Crippen LogP contribution in [-0.4, -0.2) is 19.5 Å². The lowest BCUT2D eigenvalue weighted by Gasteiger charge is -2.14. The van der Waals surface area contributed by atoms with E-state index in [0.717, 1.165) is 17.0 Å². The van der Waals surface area contributed by atoms with Crippen molar-refractivity contribution in [2.75, 3.05) is 18.9 Å². The maximum Gasteiger partial charge on any atom is 0.279 e. The van der Waals surface area contributed by atoms with Crippen LogP contribution in [0, 0.1) is 12.7 Å². The van der Waals surface area contributed by atoms with Gasteiger partial charge in [0.1, 0.15) is 12.4 Å². The summed E-state index contributed by atoms with van der Waals surface area (Å²) in [5.74, 6) is -0.761. The number of nitrogens with one attached hydrogen (secondary N) is 2. The molecule has 0 aromatic heterocycles. The Labute approximate surface area is 134 Å². The van der Waals surface area contributed by atoms with Crippen LogP contribution >= 0.6 is 11.6 Å². The smallest absolute Gasteiger partial charge is 0.279 e. The summed E-state index contributed by atoms with van der Waals surface area (Å²) in [6.45, 7) is 3.03. The molecule has 0 saturated carbocycles. The molecule has 0 bridgehead atoms. The lowest BCUT2D eigenvalue weighted by molar-refractivity contribution is -0.885. The fourth-order valence-corrected chi connectivity index (χ4v) is 2.34. The highest BCUT2D eigenvalue weighted by molar-refractivity contribution is 6.30. The fourth-order valence-electron chi connectivity index (χ4n) is 2.18. The number of quaternary nitrogens is 1. The van der Waals surface area contributed by atoms with E-state index in [1.165, 1.54) is 17.7 Å². The van der Waals surface area contributed by atoms with Gasteiger partial charge in [-0.05, 0) is 25.1 Å². The quantitative estimate of drug-likeness (QED) is 0.871. The van der Waals surface area contributed by atoms with E-state index in [4.69, 9.17) is 11.6 Å². The number of carbonyl (C=O) groups is 1. The van der Waals surface area contributed by atoms with Crippen LogP contribution < -0.4 is 10.2 Å². The first kappa shape index (κ1) is 16.5. The summed E-state index contributed by atoms with van der Waals surface area (Å²) >= 11 is 5.68. The maximum atomic E-state index is 13.6. The molecule has 0 aliphatic carbocycles. The average molecular weight is 322 g/mol. The molecule has 0 radical (unpaired) electrons. The molecule has 0 saturated heterocycles. The number of hydrogen-bond donors (Lipinski definition) is 2. The second kappa shape index (κ2) is 7.38. The Morgan fingerprint density at radius 1 is 1.23 bits per heavy atom. The molecule has 0 aliphatic rings. The van der Waals surface area contributed by atoms with Crippen molar-refractivity contribution in [1.82, 2.24) is 0 Å². The molecule has 0 heterocycles. The number of aryl methyl sites for hydroxylation is 1. The van der Waals surface area contributed by atoms with E-state index in [9.17, 15) is 9.18 Å². The Morgan fingerprint density at radius 2 is 1.91 bits per heavy atom. The molecule has 1 atom stereocenters. The minimum Gasteiger partial charge on any atom is -0.326 e. The molecular formula is C17H19ClFN2O+. The monoisotopic (exact) mass is 321 g/mol. The molecule has 2 aromatic carbocycles. The van der Waals surface area contributed by atoms with Gasteiger partial charge in [0.25, 0.3) is 5.91 Å². The first-order valence-electron chi connectivity index (χ1n) is 7.06. The Bertz CT molecular complexity index is 658. The summed E-state index contributed by atoms with van der Waals surface area (Å²) in [6, 6.07) is 12.4. The van der Waals surface area contributed by atoms with Gasteiger partial charge in [0, 0.05) is 10.6 Å². The highest BCUT2D eigenvalue weighted by Gasteiger charge is 2.13. The number of amides is 1. The SMILES string of the molecule is Cc1ccc(C[NH+](C)CC(=O)Nc2ccc(Cl)cc2F)cc1. The lowest BCUT2D eigenvalue weighted by Crippen LogP contribution is -3.08. The van der Waals surface area contributed by atoms with Crippen molar-refractivity contribution in [2.45, 2.75) is 13.5 Å². The number of rotatable bonds is 5. The molecule has 116 valence electrons. The second-order valence-electron chi connectivity index (χ2n) is 5.47. The van der Waals surface area contributed by atoms with Crippen LogP contribution in [-0.2, 0) is 11.3 Å². The van der Waals surface area contributed by atoms with Crippen molar-refractivity contribution in [2.24, 2.45) is 0 Å². The van der Waals surface area contributed by atoms with Crippen molar-refractivity contribution in [3.63, 3.8) is 0 Å². The topological polar surface area (TPSA) is 33.5 Å². The molecule has 22 heavy (non-hydrogen) atoms. The number of anilines is 1. The van der Waals surface area contributed by atoms with Gasteiger partial charge < -0.3 is 10.2 Å². The van der Waals surface area contributed by atoms with Crippen LogP contribution in [0.25, 0.3) is 0 Å². The third kappa shape index (κ3) is 4.83. The number of benzene rings is 2. The van der Waals surface area contributed by atoms with Crippen molar-refractivity contribution < 1.29 is 14.1 Å². The predicted octanol–water partition coefficient (Wildman–Crippen LogP) is 2.44. The Balaban J connectivity index is 1.89. The Hall–Kier alpha value is -1.91. The molecule has 1 unspecified atom stereocenters. The zero-order valence-corrected chi connectivity index (χ0v) is 13.4. The summed E-state index contributed by atoms with van der Waals surface area (Å²) < 4.78 is 13.6. The van der Waals surface area contributed by atoms with Gasteiger partial charge in [-0.15, -0.1) is 0 Å². The Kier molecular flexibility index (Phi) is 5.52. The van der Waals surface area contributed by atoms with E-state index in [1.54, 1.807) is 6.07 Å². The third-order valence-electron chi connectivity index (χ3n) is 3.29. The van der Waals surface area contributed by atoms with E-state index >= 15 is 0 Å². The van der Waals surface area contributed by atoms with E-state index in [2.05, 4.69) is 17.4 Å². The highest BCUT2D eigenvalue weighted by atomic mass is 35.5. The largest absolute Gasteiger partial charge is 0.326 e. The molecule has 2 rings (SSSR count). The molecule has 2 aromatic rings. The summed E-state index contributed by atoms with van der Waals surface area (Å²) in [5, 5.41) is 2.87. The highest BCUT2D eigenvalue weighted by Crippen LogP contribution is 2.18. The van der Waals surface area contributed by atoms with Crippen LogP contribution in [0.3, 0.4) is 0 Å². The van der Waals surface area contributed by atoms with Crippen LogP contribution in [0.5, 0.6) is 0 Å². The van der Waals surface area contributed by atoms with Gasteiger partial charge >= 0.3 is 0 Å². The van der Waals surface area contributed by atoms with Crippen LogP contribution in [0.1, 0.15) is 11.1 Å². The first-order valence-corrected chi connectivity index (χ1v) is 7.43. The normalized spacial score (nSPS) is 12.0. The summed E-state index contributed by atoms with van der Waals surface area (Å²) in [4.78, 5) is 13.0. The fraction of sp³-hybridized carbons (Fsp3) is 0.235. The van der Waals surface area contributed by atoms with E-state index < -0.39 is 5.82 Å². The lowest BCUT2D eigenvalue weighted by atomic mass is 10.1. The van der Waals surface area contributed by atoms with Gasteiger partial charge in [0.15, 0.2) is 6.54 Å². The third-order valence-corrected chi connectivity index (χ3v) is 3.53. The van der Waals surface area contributed by atoms with Crippen molar-refractivity contribution in [1.29, 1.82) is 0 Å². The van der Waals surface area contributed by atoms with Crippen molar-refractivity contribution >= 4 is 23.2 Å². The van der Waals surface area contributed by atoms with Gasteiger partial charge in [-0.2, -0.15) is 0 Å². The molecule has 0 fully saturated rings. The zero-order chi connectivity index (χ0) is 16.1. The molecule has 1 amide bonds. The van der Waals surface area contributed by atoms with E-state index in [0.29, 0.717) is 5.02 Å². The zero-order valence-electron chi connectivity index (χ0n) is 12.6. The number of likely N-dealkylation sites (N-methyl/N-ethyl adjacent to an activating group) is 1. The molecule has 0 spiro atoms. The van der Waals surface area contributed by atoms with Crippen molar-refractivity contribution in [3.05, 3.63) is 64.4 Å². The minimum atomic E-state index is -0.531. The van der Waals surface area contributed by atoms with Crippen LogP contribution in [0.2, 0.25) is 5.02 Å². The predicted molar refractivity (Wildman–Crippen MR) is 86.7 cm³/mol. The van der Waals surface area contributed by atoms with Gasteiger partial charge in [-0.1, -0.05) is 41.4 Å². The number of halogens is 2. The summed E-state index contributed by atoms with van der Waals surface area (Å²) in [7, 11) is 1.93. The molecular weight excluding hydrogens is 303 g/mol.